The van der Waals surface area contributed by atoms with Crippen molar-refractivity contribution >= 4 is 5.91 Å². The summed E-state index contributed by atoms with van der Waals surface area (Å²) in [6.07, 6.45) is 5.84. The van der Waals surface area contributed by atoms with E-state index in [4.69, 9.17) is 4.74 Å². The van der Waals surface area contributed by atoms with Gasteiger partial charge in [-0.2, -0.15) is 0 Å². The standard InChI is InChI=1S/C18H24FNO3/c19-15-6-3-7-16(11-15)23-13-18(22)8-9-20(12-18)17(21)10-14-4-1-2-5-14/h3,6-7,11,14,22H,1-2,4-5,8-10,12-13H2. The lowest BCUT2D eigenvalue weighted by atomic mass is 10.0. The lowest BCUT2D eigenvalue weighted by molar-refractivity contribution is -0.132. The Hall–Kier alpha value is -1.62. The van der Waals surface area contributed by atoms with Crippen LogP contribution in [0.3, 0.4) is 0 Å². The van der Waals surface area contributed by atoms with E-state index in [1.807, 2.05) is 0 Å². The van der Waals surface area contributed by atoms with E-state index in [0.29, 0.717) is 37.6 Å². The Morgan fingerprint density at radius 1 is 1.39 bits per heavy atom. The molecule has 126 valence electrons. The Labute approximate surface area is 136 Å². The molecule has 1 aliphatic carbocycles. The van der Waals surface area contributed by atoms with Gasteiger partial charge in [-0.1, -0.05) is 18.9 Å². The summed E-state index contributed by atoms with van der Waals surface area (Å²) >= 11 is 0. The Bertz CT molecular complexity index is 559. The van der Waals surface area contributed by atoms with Gasteiger partial charge < -0.3 is 14.7 Å². The molecule has 1 atom stereocenters. The molecule has 4 nitrogen and oxygen atoms in total. The Kier molecular flexibility index (Phi) is 4.85. The first-order chi connectivity index (χ1) is 11.0. The first kappa shape index (κ1) is 16.2. The highest BCUT2D eigenvalue weighted by atomic mass is 19.1. The normalized spacial score (nSPS) is 25.0. The van der Waals surface area contributed by atoms with Crippen molar-refractivity contribution in [1.29, 1.82) is 0 Å². The second-order valence-corrected chi connectivity index (χ2v) is 6.89. The summed E-state index contributed by atoms with van der Waals surface area (Å²) < 4.78 is 18.6. The largest absolute Gasteiger partial charge is 0.490 e. The quantitative estimate of drug-likeness (QED) is 0.907. The zero-order chi connectivity index (χ0) is 16.3. The first-order valence-electron chi connectivity index (χ1n) is 8.43. The summed E-state index contributed by atoms with van der Waals surface area (Å²) in [4.78, 5) is 14.1. The minimum absolute atomic E-state index is 0.0731. The molecule has 3 rings (SSSR count). The molecule has 1 saturated heterocycles. The maximum Gasteiger partial charge on any atom is 0.222 e. The number of benzene rings is 1. The molecule has 0 aromatic heterocycles. The second kappa shape index (κ2) is 6.87. The Morgan fingerprint density at radius 3 is 2.91 bits per heavy atom. The molecule has 23 heavy (non-hydrogen) atoms. The van der Waals surface area contributed by atoms with Crippen LogP contribution in [-0.4, -0.2) is 41.2 Å². The fraction of sp³-hybridized carbons (Fsp3) is 0.611. The van der Waals surface area contributed by atoms with Crippen LogP contribution >= 0.6 is 0 Å². The molecule has 1 aromatic carbocycles. The molecule has 2 aliphatic rings. The molecule has 1 aromatic rings. The van der Waals surface area contributed by atoms with E-state index in [9.17, 15) is 14.3 Å². The van der Waals surface area contributed by atoms with Gasteiger partial charge >= 0.3 is 0 Å². The van der Waals surface area contributed by atoms with Crippen LogP contribution in [0.2, 0.25) is 0 Å². The third kappa shape index (κ3) is 4.22. The lowest BCUT2D eigenvalue weighted by Gasteiger charge is -2.24. The highest BCUT2D eigenvalue weighted by Crippen LogP contribution is 2.30. The summed E-state index contributed by atoms with van der Waals surface area (Å²) in [6.45, 7) is 0.937. The van der Waals surface area contributed by atoms with Gasteiger partial charge in [-0.25, -0.2) is 4.39 Å². The van der Waals surface area contributed by atoms with E-state index < -0.39 is 5.60 Å². The number of hydrogen-bond acceptors (Lipinski definition) is 3. The number of β-amino-alcohol motifs (C(OH)–C–C–N with tert-alkyl or cyclic N) is 1. The fourth-order valence-corrected chi connectivity index (χ4v) is 3.55. The van der Waals surface area contributed by atoms with E-state index in [1.54, 1.807) is 17.0 Å². The number of carbonyl (C=O) groups is 1. The molecular formula is C18H24FNO3. The van der Waals surface area contributed by atoms with Gasteiger partial charge in [0.2, 0.25) is 5.91 Å². The predicted molar refractivity (Wildman–Crippen MR) is 84.6 cm³/mol. The number of halogens is 1. The maximum atomic E-state index is 13.1. The summed E-state index contributed by atoms with van der Waals surface area (Å²) in [5.74, 6) is 0.682. The zero-order valence-electron chi connectivity index (χ0n) is 13.3. The molecule has 5 heteroatoms. The molecular weight excluding hydrogens is 297 g/mol. The maximum absolute atomic E-state index is 13.1. The van der Waals surface area contributed by atoms with Gasteiger partial charge in [0.25, 0.3) is 0 Å². The third-order valence-corrected chi connectivity index (χ3v) is 4.93. The van der Waals surface area contributed by atoms with Crippen LogP contribution in [0.1, 0.15) is 38.5 Å². The van der Waals surface area contributed by atoms with Gasteiger partial charge in [-0.15, -0.1) is 0 Å². The molecule has 1 heterocycles. The van der Waals surface area contributed by atoms with Crippen molar-refractivity contribution in [3.8, 4) is 5.75 Å². The average molecular weight is 321 g/mol. The van der Waals surface area contributed by atoms with Gasteiger partial charge in [0.15, 0.2) is 0 Å². The van der Waals surface area contributed by atoms with Crippen molar-refractivity contribution < 1.29 is 19.0 Å². The molecule has 0 spiro atoms. The lowest BCUT2D eigenvalue weighted by Crippen LogP contribution is -2.41. The molecule has 1 saturated carbocycles. The number of ether oxygens (including phenoxy) is 1. The van der Waals surface area contributed by atoms with E-state index in [2.05, 4.69) is 0 Å². The number of amides is 1. The molecule has 1 N–H and O–H groups in total. The van der Waals surface area contributed by atoms with Crippen LogP contribution in [-0.2, 0) is 4.79 Å². The van der Waals surface area contributed by atoms with Crippen molar-refractivity contribution in [2.45, 2.75) is 44.1 Å². The number of carbonyl (C=O) groups excluding carboxylic acids is 1. The minimum Gasteiger partial charge on any atom is -0.490 e. The second-order valence-electron chi connectivity index (χ2n) is 6.89. The highest BCUT2D eigenvalue weighted by molar-refractivity contribution is 5.77. The van der Waals surface area contributed by atoms with E-state index in [1.165, 1.54) is 25.0 Å². The molecule has 1 unspecified atom stereocenters. The number of nitrogens with zero attached hydrogens (tertiary/aromatic N) is 1. The van der Waals surface area contributed by atoms with Crippen molar-refractivity contribution in [1.82, 2.24) is 4.90 Å². The molecule has 2 fully saturated rings. The molecule has 0 radical (unpaired) electrons. The number of hydrogen-bond donors (Lipinski definition) is 1. The van der Waals surface area contributed by atoms with Gasteiger partial charge in [0.05, 0.1) is 6.54 Å². The molecule has 1 amide bonds. The smallest absolute Gasteiger partial charge is 0.222 e. The SMILES string of the molecule is O=C(CC1CCCC1)N1CCC(O)(COc2cccc(F)c2)C1. The van der Waals surface area contributed by atoms with Gasteiger partial charge in [-0.05, 0) is 37.3 Å². The Morgan fingerprint density at radius 2 is 2.17 bits per heavy atom. The van der Waals surface area contributed by atoms with Crippen LogP contribution < -0.4 is 4.74 Å². The van der Waals surface area contributed by atoms with Crippen molar-refractivity contribution in [2.24, 2.45) is 5.92 Å². The highest BCUT2D eigenvalue weighted by Gasteiger charge is 2.39. The zero-order valence-corrected chi connectivity index (χ0v) is 13.3. The monoisotopic (exact) mass is 321 g/mol. The van der Waals surface area contributed by atoms with E-state index >= 15 is 0 Å². The summed E-state index contributed by atoms with van der Waals surface area (Å²) in [5, 5.41) is 10.6. The molecule has 1 aliphatic heterocycles. The number of likely N-dealkylation sites (tertiary alicyclic amines) is 1. The van der Waals surface area contributed by atoms with Crippen molar-refractivity contribution in [3.63, 3.8) is 0 Å². The number of rotatable bonds is 5. The average Bonchev–Trinajstić information content (AvgIpc) is 3.16. The number of aliphatic hydroxyl groups is 1. The minimum atomic E-state index is -1.04. The predicted octanol–water partition coefficient (Wildman–Crippen LogP) is 2.75. The van der Waals surface area contributed by atoms with Crippen molar-refractivity contribution in [3.05, 3.63) is 30.1 Å². The molecule has 0 bridgehead atoms. The Balaban J connectivity index is 1.50. The van der Waals surface area contributed by atoms with Crippen LogP contribution in [0.15, 0.2) is 24.3 Å². The van der Waals surface area contributed by atoms with Crippen molar-refractivity contribution in [2.75, 3.05) is 19.7 Å². The van der Waals surface area contributed by atoms with Crippen LogP contribution in [0.4, 0.5) is 4.39 Å². The fourth-order valence-electron chi connectivity index (χ4n) is 3.55. The summed E-state index contributed by atoms with van der Waals surface area (Å²) in [5.41, 5.74) is -1.04. The van der Waals surface area contributed by atoms with Crippen LogP contribution in [0.25, 0.3) is 0 Å². The van der Waals surface area contributed by atoms with Gasteiger partial charge in [0.1, 0.15) is 23.8 Å². The van der Waals surface area contributed by atoms with Gasteiger partial charge in [-0.3, -0.25) is 4.79 Å². The topological polar surface area (TPSA) is 49.8 Å². The first-order valence-corrected chi connectivity index (χ1v) is 8.43. The third-order valence-electron chi connectivity index (χ3n) is 4.93. The van der Waals surface area contributed by atoms with Crippen LogP contribution in [0, 0.1) is 11.7 Å². The summed E-state index contributed by atoms with van der Waals surface area (Å²) in [6, 6.07) is 5.87. The van der Waals surface area contributed by atoms with Gasteiger partial charge in [0, 0.05) is 19.0 Å². The van der Waals surface area contributed by atoms with Crippen LogP contribution in [0.5, 0.6) is 5.75 Å². The van der Waals surface area contributed by atoms with E-state index in [-0.39, 0.29) is 18.3 Å². The summed E-state index contributed by atoms with van der Waals surface area (Å²) in [7, 11) is 0. The van der Waals surface area contributed by atoms with E-state index in [0.717, 1.165) is 12.8 Å².